The van der Waals surface area contributed by atoms with Crippen LogP contribution in [0, 0.1) is 11.3 Å². The third-order valence-corrected chi connectivity index (χ3v) is 3.00. The minimum absolute atomic E-state index is 0.172. The maximum atomic E-state index is 11.3. The number of nitrogens with two attached hydrogens (primary N) is 1. The van der Waals surface area contributed by atoms with E-state index in [-0.39, 0.29) is 5.56 Å². The second-order valence-corrected chi connectivity index (χ2v) is 4.30. The van der Waals surface area contributed by atoms with Gasteiger partial charge in [0, 0.05) is 18.4 Å². The van der Waals surface area contributed by atoms with Crippen LogP contribution in [0.15, 0.2) is 42.5 Å². The Bertz CT molecular complexity index is 687. The fraction of sp³-hybridized carbons (Fsp3) is 0.0667. The molecule has 0 atom stereocenters. The van der Waals surface area contributed by atoms with Gasteiger partial charge >= 0.3 is 5.97 Å². The summed E-state index contributed by atoms with van der Waals surface area (Å²) in [6.07, 6.45) is 0. The Kier molecular flexibility index (Phi) is 3.58. The largest absolute Gasteiger partial charge is 0.478 e. The van der Waals surface area contributed by atoms with Crippen LogP contribution in [0.25, 0.3) is 0 Å². The number of hydrogen-bond donors (Lipinski definition) is 2. The van der Waals surface area contributed by atoms with Crippen LogP contribution in [0.3, 0.4) is 0 Å². The summed E-state index contributed by atoms with van der Waals surface area (Å²) in [6, 6.07) is 13.6. The van der Waals surface area contributed by atoms with Crippen molar-refractivity contribution in [3.8, 4) is 6.07 Å². The highest BCUT2D eigenvalue weighted by molar-refractivity contribution is 5.96. The maximum absolute atomic E-state index is 11.3. The zero-order chi connectivity index (χ0) is 14.7. The monoisotopic (exact) mass is 267 g/mol. The van der Waals surface area contributed by atoms with E-state index in [9.17, 15) is 9.90 Å². The minimum Gasteiger partial charge on any atom is -0.478 e. The molecule has 5 nitrogen and oxygen atoms in total. The first kappa shape index (κ1) is 13.4. The molecule has 0 saturated carbocycles. The molecule has 2 aromatic rings. The van der Waals surface area contributed by atoms with Gasteiger partial charge in [0.2, 0.25) is 0 Å². The normalized spacial score (nSPS) is 9.80. The lowest BCUT2D eigenvalue weighted by molar-refractivity contribution is 0.0697. The number of aromatic carboxylic acids is 1. The van der Waals surface area contributed by atoms with Crippen molar-refractivity contribution < 1.29 is 9.90 Å². The van der Waals surface area contributed by atoms with Crippen molar-refractivity contribution in [3.63, 3.8) is 0 Å². The molecule has 0 aliphatic rings. The molecular weight excluding hydrogens is 254 g/mol. The first-order valence-corrected chi connectivity index (χ1v) is 5.89. The highest BCUT2D eigenvalue weighted by atomic mass is 16.4. The Hall–Kier alpha value is -3.00. The van der Waals surface area contributed by atoms with E-state index in [1.54, 1.807) is 48.3 Å². The van der Waals surface area contributed by atoms with Crippen molar-refractivity contribution in [1.82, 2.24) is 0 Å². The Morgan fingerprint density at radius 2 is 1.90 bits per heavy atom. The average Bonchev–Trinajstić information content (AvgIpc) is 2.46. The topological polar surface area (TPSA) is 90.4 Å². The molecule has 0 unspecified atom stereocenters. The molecule has 0 amide bonds. The van der Waals surface area contributed by atoms with Crippen molar-refractivity contribution in [2.24, 2.45) is 0 Å². The van der Waals surface area contributed by atoms with Gasteiger partial charge in [0.05, 0.1) is 22.9 Å². The van der Waals surface area contributed by atoms with Crippen LogP contribution in [0.4, 0.5) is 17.1 Å². The van der Waals surface area contributed by atoms with E-state index in [1.807, 2.05) is 6.07 Å². The van der Waals surface area contributed by atoms with Crippen molar-refractivity contribution in [3.05, 3.63) is 53.6 Å². The number of benzene rings is 2. The third kappa shape index (κ3) is 2.54. The zero-order valence-corrected chi connectivity index (χ0v) is 10.9. The summed E-state index contributed by atoms with van der Waals surface area (Å²) < 4.78 is 0. The Labute approximate surface area is 116 Å². The van der Waals surface area contributed by atoms with Crippen molar-refractivity contribution in [1.29, 1.82) is 5.26 Å². The lowest BCUT2D eigenvalue weighted by atomic mass is 10.1. The summed E-state index contributed by atoms with van der Waals surface area (Å²) in [7, 11) is 1.75. The van der Waals surface area contributed by atoms with E-state index in [2.05, 4.69) is 0 Å². The number of anilines is 3. The SMILES string of the molecule is CN(c1ccc(C#N)cc1)c1cc(N)ccc1C(=O)O. The van der Waals surface area contributed by atoms with E-state index in [0.717, 1.165) is 5.69 Å². The van der Waals surface area contributed by atoms with Gasteiger partial charge in [0.15, 0.2) is 0 Å². The fourth-order valence-corrected chi connectivity index (χ4v) is 1.91. The molecule has 2 rings (SSSR count). The number of nitrogen functional groups attached to an aromatic ring is 1. The van der Waals surface area contributed by atoms with Crippen LogP contribution >= 0.6 is 0 Å². The van der Waals surface area contributed by atoms with Gasteiger partial charge in [-0.1, -0.05) is 0 Å². The molecule has 0 aromatic heterocycles. The van der Waals surface area contributed by atoms with Gasteiger partial charge in [-0.2, -0.15) is 5.26 Å². The number of nitrogens with zero attached hydrogens (tertiary/aromatic N) is 2. The first-order valence-electron chi connectivity index (χ1n) is 5.89. The van der Waals surface area contributed by atoms with E-state index >= 15 is 0 Å². The number of carboxylic acids is 1. The van der Waals surface area contributed by atoms with E-state index < -0.39 is 5.97 Å². The third-order valence-electron chi connectivity index (χ3n) is 3.00. The van der Waals surface area contributed by atoms with Crippen molar-refractivity contribution in [2.75, 3.05) is 17.7 Å². The summed E-state index contributed by atoms with van der Waals surface area (Å²) in [5.74, 6) is -1.01. The number of carboxylic acid groups (broad SMARTS) is 1. The second kappa shape index (κ2) is 5.33. The van der Waals surface area contributed by atoms with Gasteiger partial charge in [0.25, 0.3) is 0 Å². The van der Waals surface area contributed by atoms with E-state index in [0.29, 0.717) is 16.9 Å². The maximum Gasteiger partial charge on any atom is 0.337 e. The fourth-order valence-electron chi connectivity index (χ4n) is 1.91. The molecular formula is C15H13N3O2. The lowest BCUT2D eigenvalue weighted by Gasteiger charge is -2.21. The van der Waals surface area contributed by atoms with Gasteiger partial charge in [-0.25, -0.2) is 4.79 Å². The van der Waals surface area contributed by atoms with Crippen LogP contribution < -0.4 is 10.6 Å². The predicted molar refractivity (Wildman–Crippen MR) is 77.0 cm³/mol. The van der Waals surface area contributed by atoms with Crippen molar-refractivity contribution in [2.45, 2.75) is 0 Å². The number of hydrogen-bond acceptors (Lipinski definition) is 4. The summed E-state index contributed by atoms with van der Waals surface area (Å²) in [6.45, 7) is 0. The first-order chi connectivity index (χ1) is 9.52. The van der Waals surface area contributed by atoms with Crippen LogP contribution in [0.1, 0.15) is 15.9 Å². The Morgan fingerprint density at radius 1 is 1.25 bits per heavy atom. The molecule has 0 spiro atoms. The second-order valence-electron chi connectivity index (χ2n) is 4.30. The summed E-state index contributed by atoms with van der Waals surface area (Å²) >= 11 is 0. The van der Waals surface area contributed by atoms with Crippen LogP contribution in [0.5, 0.6) is 0 Å². The van der Waals surface area contributed by atoms with Gasteiger partial charge in [0.1, 0.15) is 0 Å². The Morgan fingerprint density at radius 3 is 2.45 bits per heavy atom. The molecule has 2 aromatic carbocycles. The molecule has 0 radical (unpaired) electrons. The molecule has 3 N–H and O–H groups in total. The van der Waals surface area contributed by atoms with Gasteiger partial charge < -0.3 is 15.7 Å². The zero-order valence-electron chi connectivity index (χ0n) is 10.9. The lowest BCUT2D eigenvalue weighted by Crippen LogP contribution is -2.14. The smallest absolute Gasteiger partial charge is 0.337 e. The van der Waals surface area contributed by atoms with Gasteiger partial charge in [-0.15, -0.1) is 0 Å². The van der Waals surface area contributed by atoms with E-state index in [4.69, 9.17) is 11.0 Å². The molecule has 0 aliphatic carbocycles. The predicted octanol–water partition coefficient (Wildman–Crippen LogP) is 2.61. The summed E-state index contributed by atoms with van der Waals surface area (Å²) in [5.41, 5.74) is 8.22. The Balaban J connectivity index is 2.46. The molecule has 20 heavy (non-hydrogen) atoms. The quantitative estimate of drug-likeness (QED) is 0.834. The van der Waals surface area contributed by atoms with Gasteiger partial charge in [-0.05, 0) is 42.5 Å². The minimum atomic E-state index is -1.01. The van der Waals surface area contributed by atoms with Crippen molar-refractivity contribution >= 4 is 23.0 Å². The van der Waals surface area contributed by atoms with E-state index in [1.165, 1.54) is 6.07 Å². The molecule has 0 heterocycles. The van der Waals surface area contributed by atoms with Crippen LogP contribution in [0.2, 0.25) is 0 Å². The molecule has 0 aliphatic heterocycles. The number of carbonyl (C=O) groups is 1. The standard InChI is InChI=1S/C15H13N3O2/c1-18(12-5-2-10(9-16)3-6-12)14-8-11(17)4-7-13(14)15(19)20/h2-8H,17H2,1H3,(H,19,20). The summed E-state index contributed by atoms with van der Waals surface area (Å²) in [4.78, 5) is 13.0. The number of rotatable bonds is 3. The van der Waals surface area contributed by atoms with Crippen LogP contribution in [-0.2, 0) is 0 Å². The summed E-state index contributed by atoms with van der Waals surface area (Å²) in [5, 5.41) is 18.0. The molecule has 0 bridgehead atoms. The average molecular weight is 267 g/mol. The molecule has 100 valence electrons. The molecule has 5 heteroatoms. The highest BCUT2D eigenvalue weighted by Gasteiger charge is 2.15. The van der Waals surface area contributed by atoms with Gasteiger partial charge in [-0.3, -0.25) is 0 Å². The van der Waals surface area contributed by atoms with Crippen LogP contribution in [-0.4, -0.2) is 18.1 Å². The molecule has 0 saturated heterocycles. The molecule has 0 fully saturated rings. The highest BCUT2D eigenvalue weighted by Crippen LogP contribution is 2.29. The number of nitriles is 1.